The predicted octanol–water partition coefficient (Wildman–Crippen LogP) is -0.677. The lowest BCUT2D eigenvalue weighted by Gasteiger charge is -2.13. The smallest absolute Gasteiger partial charge is 0.211 e. The van der Waals surface area contributed by atoms with Gasteiger partial charge in [-0.05, 0) is 37.8 Å². The minimum atomic E-state index is -2.95. The van der Waals surface area contributed by atoms with Gasteiger partial charge in [0.25, 0.3) is 0 Å². The molecule has 4 aliphatic heterocycles. The highest BCUT2D eigenvalue weighted by molar-refractivity contribution is 7.88. The van der Waals surface area contributed by atoms with E-state index in [1.807, 2.05) is 0 Å². The summed E-state index contributed by atoms with van der Waals surface area (Å²) >= 11 is 0. The zero-order valence-corrected chi connectivity index (χ0v) is 18.4. The Morgan fingerprint density at radius 2 is 1.04 bits per heavy atom. The van der Waals surface area contributed by atoms with Gasteiger partial charge in [-0.3, -0.25) is 0 Å². The number of sulfonamides is 2. The molecule has 12 heteroatoms. The largest absolute Gasteiger partial charge is 0.312 e. The van der Waals surface area contributed by atoms with Gasteiger partial charge in [-0.25, -0.2) is 25.4 Å². The molecule has 0 unspecified atom stereocenters. The molecule has 0 saturated carbocycles. The van der Waals surface area contributed by atoms with Crippen LogP contribution in [0, 0.1) is 11.8 Å². The Bertz CT molecular complexity index is 594. The highest BCUT2D eigenvalue weighted by Crippen LogP contribution is 2.26. The monoisotopic (exact) mass is 452 g/mol. The van der Waals surface area contributed by atoms with Gasteiger partial charge in [0.1, 0.15) is 0 Å². The lowest BCUT2D eigenvalue weighted by molar-refractivity contribution is 0.452. The second-order valence-corrected chi connectivity index (χ2v) is 11.3. The zero-order valence-electron chi connectivity index (χ0n) is 15.1. The van der Waals surface area contributed by atoms with Gasteiger partial charge in [0.2, 0.25) is 20.0 Å². The van der Waals surface area contributed by atoms with E-state index in [-0.39, 0.29) is 24.8 Å². The molecule has 0 bridgehead atoms. The van der Waals surface area contributed by atoms with E-state index in [4.69, 9.17) is 0 Å². The van der Waals surface area contributed by atoms with Crippen LogP contribution in [0.3, 0.4) is 0 Å². The number of hydrogen-bond acceptors (Lipinski definition) is 6. The minimum Gasteiger partial charge on any atom is -0.312 e. The molecule has 4 saturated heterocycles. The van der Waals surface area contributed by atoms with Gasteiger partial charge in [0, 0.05) is 38.3 Å². The first-order valence-electron chi connectivity index (χ1n) is 8.51. The third kappa shape index (κ3) is 5.66. The van der Waals surface area contributed by atoms with Crippen LogP contribution in [-0.2, 0) is 20.0 Å². The van der Waals surface area contributed by atoms with Crippen LogP contribution in [0.25, 0.3) is 0 Å². The Hall–Kier alpha value is 0.320. The molecule has 0 aromatic heterocycles. The summed E-state index contributed by atoms with van der Waals surface area (Å²) in [7, 11) is -5.90. The van der Waals surface area contributed by atoms with Gasteiger partial charge in [-0.15, -0.1) is 24.8 Å². The first kappa shape index (κ1) is 24.4. The molecular weight excluding hydrogens is 423 g/mol. The molecule has 0 aromatic carbocycles. The third-order valence-corrected chi connectivity index (χ3v) is 8.07. The normalized spacial score (nSPS) is 34.2. The fourth-order valence-corrected chi connectivity index (χ4v) is 5.95. The van der Waals surface area contributed by atoms with E-state index in [0.717, 1.165) is 39.0 Å². The SMILES string of the molecule is CS(=O)(=O)N1C[C@@H]2CCN[C@@H]2C1.CS(=O)(=O)N1C[C@H]2CCN[C@H]2C1.Cl.Cl. The number of rotatable bonds is 2. The minimum absolute atomic E-state index is 0. The van der Waals surface area contributed by atoms with Crippen LogP contribution >= 0.6 is 24.8 Å². The zero-order chi connectivity index (χ0) is 17.5. The summed E-state index contributed by atoms with van der Waals surface area (Å²) in [5, 5.41) is 6.63. The van der Waals surface area contributed by atoms with Gasteiger partial charge in [0.05, 0.1) is 12.5 Å². The topological polar surface area (TPSA) is 98.8 Å². The molecule has 8 nitrogen and oxygen atoms in total. The number of nitrogens with one attached hydrogen (secondary N) is 2. The van der Waals surface area contributed by atoms with Gasteiger partial charge >= 0.3 is 0 Å². The summed E-state index contributed by atoms with van der Waals surface area (Å²) in [5.74, 6) is 1.11. The summed E-state index contributed by atoms with van der Waals surface area (Å²) in [6, 6.07) is 0.833. The second-order valence-electron chi connectivity index (χ2n) is 7.38. The molecule has 0 aromatic rings. The number of halogens is 2. The number of hydrogen-bond donors (Lipinski definition) is 2. The maximum Gasteiger partial charge on any atom is 0.211 e. The Balaban J connectivity index is 0.000000241. The molecule has 0 spiro atoms. The molecule has 0 amide bonds. The quantitative estimate of drug-likeness (QED) is 0.575. The molecule has 156 valence electrons. The summed E-state index contributed by atoms with van der Waals surface area (Å²) in [6.45, 7) is 4.87. The van der Waals surface area contributed by atoms with E-state index >= 15 is 0 Å². The molecule has 2 N–H and O–H groups in total. The average Bonchev–Trinajstić information content (AvgIpc) is 3.16. The number of fused-ring (bicyclic) bond motifs is 2. The molecule has 0 aliphatic carbocycles. The van der Waals surface area contributed by atoms with Crippen molar-refractivity contribution < 1.29 is 16.8 Å². The van der Waals surface area contributed by atoms with Crippen LogP contribution in [0.2, 0.25) is 0 Å². The fourth-order valence-electron chi connectivity index (χ4n) is 4.16. The Labute approximate surface area is 169 Å². The maximum atomic E-state index is 11.2. The highest BCUT2D eigenvalue weighted by Gasteiger charge is 2.40. The summed E-state index contributed by atoms with van der Waals surface area (Å²) in [6.07, 6.45) is 4.81. The van der Waals surface area contributed by atoms with Crippen LogP contribution < -0.4 is 10.6 Å². The highest BCUT2D eigenvalue weighted by atomic mass is 35.5. The Morgan fingerprint density at radius 1 is 0.692 bits per heavy atom. The third-order valence-electron chi connectivity index (χ3n) is 5.60. The van der Waals surface area contributed by atoms with E-state index in [0.29, 0.717) is 37.0 Å². The first-order valence-corrected chi connectivity index (χ1v) is 12.2. The van der Waals surface area contributed by atoms with Crippen molar-refractivity contribution in [3.05, 3.63) is 0 Å². The lowest BCUT2D eigenvalue weighted by Crippen LogP contribution is -2.33. The molecule has 4 atom stereocenters. The van der Waals surface area contributed by atoms with E-state index in [1.54, 1.807) is 8.61 Å². The van der Waals surface area contributed by atoms with Gasteiger partial charge in [-0.1, -0.05) is 0 Å². The van der Waals surface area contributed by atoms with E-state index < -0.39 is 20.0 Å². The fraction of sp³-hybridized carbons (Fsp3) is 1.00. The predicted molar refractivity (Wildman–Crippen MR) is 107 cm³/mol. The Kier molecular flexibility index (Phi) is 8.63. The first-order chi connectivity index (χ1) is 11.1. The van der Waals surface area contributed by atoms with Crippen molar-refractivity contribution in [2.75, 3.05) is 51.8 Å². The van der Waals surface area contributed by atoms with Crippen molar-refractivity contribution in [3.63, 3.8) is 0 Å². The second kappa shape index (κ2) is 9.21. The molecule has 26 heavy (non-hydrogen) atoms. The van der Waals surface area contributed by atoms with Gasteiger partial charge in [-0.2, -0.15) is 0 Å². The Morgan fingerprint density at radius 3 is 1.31 bits per heavy atom. The van der Waals surface area contributed by atoms with Crippen LogP contribution in [0.1, 0.15) is 12.8 Å². The average molecular weight is 453 g/mol. The summed E-state index contributed by atoms with van der Waals surface area (Å²) in [4.78, 5) is 0. The van der Waals surface area contributed by atoms with E-state index in [9.17, 15) is 16.8 Å². The van der Waals surface area contributed by atoms with Crippen LogP contribution in [-0.4, -0.2) is 89.3 Å². The standard InChI is InChI=1S/2C7H14N2O2S.2ClH/c2*1-12(10,11)9-4-6-2-3-8-7(6)5-9;;/h2*6-8H,2-5H2,1H3;2*1H/t2*6-,7+;;/m10../s1. The van der Waals surface area contributed by atoms with Crippen molar-refractivity contribution in [1.29, 1.82) is 0 Å². The maximum absolute atomic E-state index is 11.2. The summed E-state index contributed by atoms with van der Waals surface area (Å²) < 4.78 is 47.8. The molecule has 0 radical (unpaired) electrons. The van der Waals surface area contributed by atoms with Gasteiger partial charge < -0.3 is 10.6 Å². The van der Waals surface area contributed by atoms with Crippen molar-refractivity contribution in [3.8, 4) is 0 Å². The molecule has 4 heterocycles. The van der Waals surface area contributed by atoms with Crippen LogP contribution in [0.5, 0.6) is 0 Å². The van der Waals surface area contributed by atoms with Crippen LogP contribution in [0.15, 0.2) is 0 Å². The number of nitrogens with zero attached hydrogens (tertiary/aromatic N) is 2. The van der Waals surface area contributed by atoms with Crippen molar-refractivity contribution in [1.82, 2.24) is 19.2 Å². The van der Waals surface area contributed by atoms with E-state index in [1.165, 1.54) is 12.5 Å². The van der Waals surface area contributed by atoms with Crippen molar-refractivity contribution in [2.24, 2.45) is 11.8 Å². The summed E-state index contributed by atoms with van der Waals surface area (Å²) in [5.41, 5.74) is 0. The van der Waals surface area contributed by atoms with Crippen LogP contribution in [0.4, 0.5) is 0 Å². The molecule has 4 fully saturated rings. The molecule has 4 rings (SSSR count). The van der Waals surface area contributed by atoms with Crippen molar-refractivity contribution >= 4 is 44.9 Å². The lowest BCUT2D eigenvalue weighted by atomic mass is 10.1. The molecular formula is C14H30Cl2N4O4S2. The van der Waals surface area contributed by atoms with Crippen molar-refractivity contribution in [2.45, 2.75) is 24.9 Å². The van der Waals surface area contributed by atoms with E-state index in [2.05, 4.69) is 10.6 Å². The molecule has 4 aliphatic rings. The van der Waals surface area contributed by atoms with Gasteiger partial charge in [0.15, 0.2) is 0 Å².